The van der Waals surface area contributed by atoms with Gasteiger partial charge in [-0.05, 0) is 45.4 Å². The van der Waals surface area contributed by atoms with Crippen LogP contribution in [0.1, 0.15) is 33.3 Å². The van der Waals surface area contributed by atoms with Crippen molar-refractivity contribution in [3.63, 3.8) is 0 Å². The largest absolute Gasteiger partial charge is 0.491 e. The molecular weight excluding hydrogens is 364 g/mol. The zero-order valence-corrected chi connectivity index (χ0v) is 17.4. The second kappa shape index (κ2) is 13.5. The molecule has 0 saturated heterocycles. The normalized spacial score (nSPS) is 12.6. The van der Waals surface area contributed by atoms with E-state index in [1.54, 1.807) is 32.9 Å². The van der Waals surface area contributed by atoms with Gasteiger partial charge in [-0.3, -0.25) is 0 Å². The van der Waals surface area contributed by atoms with Crippen molar-refractivity contribution in [2.75, 3.05) is 46.2 Å². The summed E-state index contributed by atoms with van der Waals surface area (Å²) in [5.74, 6) is 0.0823. The summed E-state index contributed by atoms with van der Waals surface area (Å²) in [4.78, 5) is 11.8. The van der Waals surface area contributed by atoms with Gasteiger partial charge in [0.1, 0.15) is 18.0 Å². The number of carbonyl (C=O) groups excluding carboxylic acids is 1. The molecule has 0 heterocycles. The maximum Gasteiger partial charge on any atom is 0.335 e. The Morgan fingerprint density at radius 1 is 0.929 bits per heavy atom. The van der Waals surface area contributed by atoms with Crippen LogP contribution in [0.2, 0.25) is 0 Å². The fourth-order valence-electron chi connectivity index (χ4n) is 2.20. The Hall–Kier alpha value is -1.67. The van der Waals surface area contributed by atoms with E-state index in [2.05, 4.69) is 0 Å². The highest BCUT2D eigenvalue weighted by molar-refractivity contribution is 5.75. The Kier molecular flexibility index (Phi) is 11.7. The van der Waals surface area contributed by atoms with Gasteiger partial charge in [-0.25, -0.2) is 4.79 Å². The molecular formula is C21H34O7. The smallest absolute Gasteiger partial charge is 0.335 e. The van der Waals surface area contributed by atoms with Gasteiger partial charge in [-0.15, -0.1) is 0 Å². The number of benzene rings is 1. The Bertz CT molecular complexity index is 537. The first-order chi connectivity index (χ1) is 13.3. The lowest BCUT2D eigenvalue weighted by molar-refractivity contribution is -0.164. The standard InChI is InChI=1S/C21H34O7/c1-5-24-10-11-25-12-13-26-14-15-27-18-8-6-17(7-9-18)16-19(22)20(23)28-21(2,3)4/h6-9,19,22H,5,10-16H2,1-4H3/t19-/m1/s1. The van der Waals surface area contributed by atoms with Gasteiger partial charge in [-0.2, -0.15) is 0 Å². The van der Waals surface area contributed by atoms with Crippen LogP contribution in [0.15, 0.2) is 24.3 Å². The van der Waals surface area contributed by atoms with Gasteiger partial charge in [0, 0.05) is 13.0 Å². The number of ether oxygens (including phenoxy) is 5. The number of aliphatic hydroxyl groups excluding tert-OH is 1. The predicted octanol–water partition coefficient (Wildman–Crippen LogP) is 2.38. The second-order valence-corrected chi connectivity index (χ2v) is 7.17. The van der Waals surface area contributed by atoms with Crippen molar-refractivity contribution in [1.29, 1.82) is 0 Å². The van der Waals surface area contributed by atoms with Gasteiger partial charge in [-0.1, -0.05) is 12.1 Å². The number of hydrogen-bond donors (Lipinski definition) is 1. The molecule has 28 heavy (non-hydrogen) atoms. The van der Waals surface area contributed by atoms with Crippen LogP contribution in [0.3, 0.4) is 0 Å². The van der Waals surface area contributed by atoms with Gasteiger partial charge >= 0.3 is 5.97 Å². The first-order valence-electron chi connectivity index (χ1n) is 9.67. The van der Waals surface area contributed by atoms with Crippen molar-refractivity contribution < 1.29 is 33.6 Å². The highest BCUT2D eigenvalue weighted by Gasteiger charge is 2.23. The number of aliphatic hydroxyl groups is 1. The average molecular weight is 398 g/mol. The van der Waals surface area contributed by atoms with Gasteiger partial charge in [0.15, 0.2) is 6.10 Å². The Morgan fingerprint density at radius 3 is 2.00 bits per heavy atom. The van der Waals surface area contributed by atoms with E-state index in [1.165, 1.54) is 0 Å². The molecule has 0 spiro atoms. The van der Waals surface area contributed by atoms with Crippen molar-refractivity contribution in [2.45, 2.75) is 45.8 Å². The van der Waals surface area contributed by atoms with E-state index >= 15 is 0 Å². The van der Waals surface area contributed by atoms with E-state index < -0.39 is 17.7 Å². The van der Waals surface area contributed by atoms with Crippen LogP contribution in [0, 0.1) is 0 Å². The molecule has 0 fully saturated rings. The van der Waals surface area contributed by atoms with Gasteiger partial charge < -0.3 is 28.8 Å². The first kappa shape index (κ1) is 24.4. The molecule has 0 saturated carbocycles. The monoisotopic (exact) mass is 398 g/mol. The average Bonchev–Trinajstić information content (AvgIpc) is 2.63. The quantitative estimate of drug-likeness (QED) is 0.380. The molecule has 0 amide bonds. The highest BCUT2D eigenvalue weighted by Crippen LogP contribution is 2.15. The van der Waals surface area contributed by atoms with Gasteiger partial charge in [0.2, 0.25) is 0 Å². The van der Waals surface area contributed by atoms with Gasteiger partial charge in [0.25, 0.3) is 0 Å². The molecule has 0 unspecified atom stereocenters. The zero-order valence-electron chi connectivity index (χ0n) is 17.4. The van der Waals surface area contributed by atoms with Crippen molar-refractivity contribution in [3.8, 4) is 5.75 Å². The van der Waals surface area contributed by atoms with Crippen LogP contribution < -0.4 is 4.74 Å². The molecule has 1 aromatic rings. The second-order valence-electron chi connectivity index (χ2n) is 7.17. The van der Waals surface area contributed by atoms with Crippen LogP contribution in [0.4, 0.5) is 0 Å². The van der Waals surface area contributed by atoms with E-state index in [1.807, 2.05) is 19.1 Å². The molecule has 0 bridgehead atoms. The Morgan fingerprint density at radius 2 is 1.46 bits per heavy atom. The lowest BCUT2D eigenvalue weighted by Crippen LogP contribution is -2.32. The van der Waals surface area contributed by atoms with E-state index in [9.17, 15) is 9.90 Å². The fraction of sp³-hybridized carbons (Fsp3) is 0.667. The third-order valence-electron chi connectivity index (χ3n) is 3.48. The van der Waals surface area contributed by atoms with E-state index in [-0.39, 0.29) is 6.42 Å². The third kappa shape index (κ3) is 11.9. The summed E-state index contributed by atoms with van der Waals surface area (Å²) in [6.07, 6.45) is -0.989. The van der Waals surface area contributed by atoms with E-state index in [4.69, 9.17) is 23.7 Å². The van der Waals surface area contributed by atoms with Crippen LogP contribution in [0.5, 0.6) is 5.75 Å². The zero-order chi connectivity index (χ0) is 20.8. The summed E-state index contributed by atoms with van der Waals surface area (Å²) in [6, 6.07) is 7.23. The van der Waals surface area contributed by atoms with Crippen LogP contribution in [0.25, 0.3) is 0 Å². The van der Waals surface area contributed by atoms with Crippen LogP contribution in [-0.4, -0.2) is 69.0 Å². The molecule has 0 aromatic heterocycles. The molecule has 7 nitrogen and oxygen atoms in total. The molecule has 0 aliphatic carbocycles. The molecule has 1 atom stereocenters. The van der Waals surface area contributed by atoms with E-state index in [0.717, 1.165) is 5.56 Å². The molecule has 160 valence electrons. The summed E-state index contributed by atoms with van der Waals surface area (Å²) < 4.78 is 26.7. The number of carbonyl (C=O) groups is 1. The van der Waals surface area contributed by atoms with Crippen molar-refractivity contribution in [2.24, 2.45) is 0 Å². The number of esters is 1. The molecule has 0 aliphatic rings. The third-order valence-corrected chi connectivity index (χ3v) is 3.48. The molecule has 0 radical (unpaired) electrons. The number of rotatable bonds is 14. The number of hydrogen-bond acceptors (Lipinski definition) is 7. The minimum Gasteiger partial charge on any atom is -0.491 e. The van der Waals surface area contributed by atoms with Crippen molar-refractivity contribution in [3.05, 3.63) is 29.8 Å². The maximum atomic E-state index is 11.8. The van der Waals surface area contributed by atoms with Crippen LogP contribution in [-0.2, 0) is 30.2 Å². The summed E-state index contributed by atoms with van der Waals surface area (Å²) in [5, 5.41) is 9.97. The lowest BCUT2D eigenvalue weighted by Gasteiger charge is -2.21. The lowest BCUT2D eigenvalue weighted by atomic mass is 10.1. The predicted molar refractivity (Wildman–Crippen MR) is 106 cm³/mol. The fourth-order valence-corrected chi connectivity index (χ4v) is 2.20. The van der Waals surface area contributed by atoms with E-state index in [0.29, 0.717) is 52.0 Å². The summed E-state index contributed by atoms with van der Waals surface area (Å²) in [6.45, 7) is 11.1. The summed E-state index contributed by atoms with van der Waals surface area (Å²) in [7, 11) is 0. The van der Waals surface area contributed by atoms with Crippen molar-refractivity contribution >= 4 is 5.97 Å². The molecule has 1 aromatic carbocycles. The minimum absolute atomic E-state index is 0.196. The van der Waals surface area contributed by atoms with Crippen molar-refractivity contribution in [1.82, 2.24) is 0 Å². The summed E-state index contributed by atoms with van der Waals surface area (Å²) >= 11 is 0. The SMILES string of the molecule is CCOCCOCCOCCOc1ccc(C[C@@H](O)C(=O)OC(C)(C)C)cc1. The van der Waals surface area contributed by atoms with Crippen LogP contribution >= 0.6 is 0 Å². The summed E-state index contributed by atoms with van der Waals surface area (Å²) in [5.41, 5.74) is 0.208. The topological polar surface area (TPSA) is 83.5 Å². The highest BCUT2D eigenvalue weighted by atomic mass is 16.6. The Labute approximate surface area is 167 Å². The minimum atomic E-state index is -1.19. The molecule has 1 rings (SSSR count). The first-order valence-corrected chi connectivity index (χ1v) is 9.67. The molecule has 7 heteroatoms. The van der Waals surface area contributed by atoms with Gasteiger partial charge in [0.05, 0.1) is 33.0 Å². The molecule has 1 N–H and O–H groups in total. The Balaban J connectivity index is 2.17. The molecule has 0 aliphatic heterocycles. The maximum absolute atomic E-state index is 11.8.